The van der Waals surface area contributed by atoms with Gasteiger partial charge in [0.25, 0.3) is 0 Å². The van der Waals surface area contributed by atoms with Crippen LogP contribution in [0.1, 0.15) is 15.9 Å². The number of methoxy groups -OCH3 is 1. The van der Waals surface area contributed by atoms with Gasteiger partial charge in [0.05, 0.1) is 7.11 Å². The van der Waals surface area contributed by atoms with E-state index in [4.69, 9.17) is 4.74 Å². The summed E-state index contributed by atoms with van der Waals surface area (Å²) in [5.74, 6) is 0.654. The van der Waals surface area contributed by atoms with Crippen molar-refractivity contribution >= 4 is 18.4 Å². The van der Waals surface area contributed by atoms with Crippen LogP contribution >= 0.6 is 12.6 Å². The van der Waals surface area contributed by atoms with E-state index in [1.165, 1.54) is 0 Å². The number of benzene rings is 2. The Morgan fingerprint density at radius 2 is 1.76 bits per heavy atom. The first-order chi connectivity index (χ1) is 8.22. The molecule has 0 N–H and O–H groups in total. The predicted octanol–water partition coefficient (Wildman–Crippen LogP) is 3.21. The molecule has 0 saturated heterocycles. The molecule has 0 bridgehead atoms. The van der Waals surface area contributed by atoms with Gasteiger partial charge in [0.15, 0.2) is 5.78 Å². The maximum absolute atomic E-state index is 12.1. The SMILES string of the molecule is COc1ccc(C(=O)c2ccccc2)cc1S. The third-order valence-corrected chi connectivity index (χ3v) is 2.83. The van der Waals surface area contributed by atoms with Crippen LogP contribution < -0.4 is 4.74 Å². The number of carbonyl (C=O) groups is 1. The van der Waals surface area contributed by atoms with Crippen molar-refractivity contribution < 1.29 is 9.53 Å². The topological polar surface area (TPSA) is 26.3 Å². The van der Waals surface area contributed by atoms with Gasteiger partial charge in [-0.25, -0.2) is 0 Å². The van der Waals surface area contributed by atoms with Gasteiger partial charge < -0.3 is 4.74 Å². The van der Waals surface area contributed by atoms with Crippen LogP contribution in [0.3, 0.4) is 0 Å². The summed E-state index contributed by atoms with van der Waals surface area (Å²) in [5, 5.41) is 0. The number of hydrogen-bond acceptors (Lipinski definition) is 3. The highest BCUT2D eigenvalue weighted by molar-refractivity contribution is 7.80. The van der Waals surface area contributed by atoms with E-state index in [1.807, 2.05) is 18.2 Å². The molecule has 0 fully saturated rings. The van der Waals surface area contributed by atoms with Crippen molar-refractivity contribution in [3.8, 4) is 5.75 Å². The molecule has 2 aromatic carbocycles. The molecule has 0 aromatic heterocycles. The van der Waals surface area contributed by atoms with Crippen LogP contribution in [0, 0.1) is 0 Å². The Labute approximate surface area is 106 Å². The summed E-state index contributed by atoms with van der Waals surface area (Å²) >= 11 is 4.28. The van der Waals surface area contributed by atoms with Crippen LogP contribution in [0.5, 0.6) is 5.75 Å². The highest BCUT2D eigenvalue weighted by Crippen LogP contribution is 2.24. The molecule has 0 atom stereocenters. The summed E-state index contributed by atoms with van der Waals surface area (Å²) in [6.07, 6.45) is 0. The molecule has 2 rings (SSSR count). The second-order valence-corrected chi connectivity index (χ2v) is 4.06. The fourth-order valence-corrected chi connectivity index (χ4v) is 1.89. The van der Waals surface area contributed by atoms with Gasteiger partial charge in [0, 0.05) is 16.0 Å². The van der Waals surface area contributed by atoms with Gasteiger partial charge in [-0.2, -0.15) is 0 Å². The molecule has 0 heterocycles. The second kappa shape index (κ2) is 5.06. The highest BCUT2D eigenvalue weighted by atomic mass is 32.1. The minimum atomic E-state index is -0.0106. The van der Waals surface area contributed by atoms with Crippen LogP contribution in [0.15, 0.2) is 53.4 Å². The third kappa shape index (κ3) is 2.50. The van der Waals surface area contributed by atoms with Gasteiger partial charge in [0.2, 0.25) is 0 Å². The molecular formula is C14H12O2S. The third-order valence-electron chi connectivity index (χ3n) is 2.48. The highest BCUT2D eigenvalue weighted by Gasteiger charge is 2.10. The van der Waals surface area contributed by atoms with E-state index in [9.17, 15) is 4.79 Å². The number of hydrogen-bond donors (Lipinski definition) is 1. The van der Waals surface area contributed by atoms with E-state index < -0.39 is 0 Å². The molecule has 2 aromatic rings. The lowest BCUT2D eigenvalue weighted by atomic mass is 10.0. The van der Waals surface area contributed by atoms with E-state index in [0.29, 0.717) is 21.8 Å². The second-order valence-electron chi connectivity index (χ2n) is 3.58. The maximum atomic E-state index is 12.1. The Morgan fingerprint density at radius 1 is 1.06 bits per heavy atom. The molecule has 0 aliphatic rings. The molecule has 2 nitrogen and oxygen atoms in total. The Kier molecular flexibility index (Phi) is 3.49. The minimum Gasteiger partial charge on any atom is -0.496 e. The fourth-order valence-electron chi connectivity index (χ4n) is 1.59. The zero-order valence-electron chi connectivity index (χ0n) is 9.38. The largest absolute Gasteiger partial charge is 0.496 e. The smallest absolute Gasteiger partial charge is 0.193 e. The molecule has 0 radical (unpaired) electrons. The number of ether oxygens (including phenoxy) is 1. The number of carbonyl (C=O) groups excluding carboxylic acids is 1. The Morgan fingerprint density at radius 3 is 2.35 bits per heavy atom. The first-order valence-corrected chi connectivity index (χ1v) is 5.64. The molecular weight excluding hydrogens is 232 g/mol. The van der Waals surface area contributed by atoms with Crippen LogP contribution in [0.25, 0.3) is 0 Å². The Hall–Kier alpha value is -1.74. The van der Waals surface area contributed by atoms with Crippen molar-refractivity contribution in [2.24, 2.45) is 0 Å². The lowest BCUT2D eigenvalue weighted by Crippen LogP contribution is -2.01. The number of rotatable bonds is 3. The zero-order valence-corrected chi connectivity index (χ0v) is 10.3. The minimum absolute atomic E-state index is 0.0106. The molecule has 0 amide bonds. The van der Waals surface area contributed by atoms with Crippen molar-refractivity contribution in [1.82, 2.24) is 0 Å². The molecule has 0 saturated carbocycles. The molecule has 17 heavy (non-hydrogen) atoms. The molecule has 0 aliphatic heterocycles. The van der Waals surface area contributed by atoms with E-state index in [0.717, 1.165) is 0 Å². The quantitative estimate of drug-likeness (QED) is 0.663. The van der Waals surface area contributed by atoms with Gasteiger partial charge >= 0.3 is 0 Å². The van der Waals surface area contributed by atoms with Gasteiger partial charge in [-0.1, -0.05) is 30.3 Å². The van der Waals surface area contributed by atoms with Crippen LogP contribution in [-0.2, 0) is 0 Å². The standard InChI is InChI=1S/C14H12O2S/c1-16-12-8-7-11(9-13(12)17)14(15)10-5-3-2-4-6-10/h2-9,17H,1H3. The zero-order chi connectivity index (χ0) is 12.3. The lowest BCUT2D eigenvalue weighted by molar-refractivity contribution is 0.103. The van der Waals surface area contributed by atoms with Crippen molar-refractivity contribution in [1.29, 1.82) is 0 Å². The van der Waals surface area contributed by atoms with Crippen molar-refractivity contribution in [3.05, 3.63) is 59.7 Å². The van der Waals surface area contributed by atoms with Gasteiger partial charge in [-0.3, -0.25) is 4.79 Å². The summed E-state index contributed by atoms with van der Waals surface area (Å²) in [7, 11) is 1.58. The van der Waals surface area contributed by atoms with Gasteiger partial charge in [-0.05, 0) is 18.2 Å². The van der Waals surface area contributed by atoms with E-state index in [1.54, 1.807) is 37.4 Å². The molecule has 0 aliphatic carbocycles. The maximum Gasteiger partial charge on any atom is 0.193 e. The van der Waals surface area contributed by atoms with E-state index in [-0.39, 0.29) is 5.78 Å². The van der Waals surface area contributed by atoms with E-state index in [2.05, 4.69) is 12.6 Å². The summed E-state index contributed by atoms with van der Waals surface area (Å²) in [6.45, 7) is 0. The molecule has 0 spiro atoms. The molecule has 0 unspecified atom stereocenters. The van der Waals surface area contributed by atoms with Crippen LogP contribution in [0.2, 0.25) is 0 Å². The lowest BCUT2D eigenvalue weighted by Gasteiger charge is -2.06. The Balaban J connectivity index is 2.35. The van der Waals surface area contributed by atoms with Crippen molar-refractivity contribution in [2.75, 3.05) is 7.11 Å². The average Bonchev–Trinajstić information content (AvgIpc) is 2.39. The summed E-state index contributed by atoms with van der Waals surface area (Å²) in [5.41, 5.74) is 1.28. The predicted molar refractivity (Wildman–Crippen MR) is 70.1 cm³/mol. The van der Waals surface area contributed by atoms with Crippen molar-refractivity contribution in [3.63, 3.8) is 0 Å². The fraction of sp³-hybridized carbons (Fsp3) is 0.0714. The first-order valence-electron chi connectivity index (χ1n) is 5.19. The molecule has 3 heteroatoms. The monoisotopic (exact) mass is 244 g/mol. The summed E-state index contributed by atoms with van der Waals surface area (Å²) < 4.78 is 5.10. The average molecular weight is 244 g/mol. The van der Waals surface area contributed by atoms with E-state index >= 15 is 0 Å². The van der Waals surface area contributed by atoms with Gasteiger partial charge in [-0.15, -0.1) is 12.6 Å². The molecule has 86 valence electrons. The summed E-state index contributed by atoms with van der Waals surface area (Å²) in [4.78, 5) is 12.8. The first kappa shape index (κ1) is 11.7. The normalized spacial score (nSPS) is 10.0. The number of thiol groups is 1. The van der Waals surface area contributed by atoms with Gasteiger partial charge in [0.1, 0.15) is 5.75 Å². The summed E-state index contributed by atoms with van der Waals surface area (Å²) in [6, 6.07) is 14.4. The van der Waals surface area contributed by atoms with Crippen LogP contribution in [0.4, 0.5) is 0 Å². The number of ketones is 1. The van der Waals surface area contributed by atoms with Crippen molar-refractivity contribution in [2.45, 2.75) is 4.90 Å². The van der Waals surface area contributed by atoms with Crippen LogP contribution in [-0.4, -0.2) is 12.9 Å². The Bertz CT molecular complexity index is 535.